The van der Waals surface area contributed by atoms with Gasteiger partial charge in [0.1, 0.15) is 0 Å². The maximum absolute atomic E-state index is 11.9. The van der Waals surface area contributed by atoms with Gasteiger partial charge in [-0.05, 0) is 86.6 Å². The standard InChI is InChI=1S/C23H28N2O/c1-15(2)24-20-8-5-18(6-9-20)22-14-16(3)19(13-17(22)4)7-12-23(26)25-21-10-11-21/h5-9,12-15,21,24H,10-11H2,1-4H3,(H,25,26). The SMILES string of the molecule is Cc1cc(-c2ccc(NC(C)C)cc2)c(C)cc1C=CC(=O)NC1CC1. The summed E-state index contributed by atoms with van der Waals surface area (Å²) in [5, 5.41) is 6.40. The van der Waals surface area contributed by atoms with Crippen molar-refractivity contribution < 1.29 is 4.79 Å². The van der Waals surface area contributed by atoms with E-state index in [4.69, 9.17) is 0 Å². The molecule has 3 nitrogen and oxygen atoms in total. The first kappa shape index (κ1) is 18.2. The Labute approximate surface area is 156 Å². The third-order valence-electron chi connectivity index (χ3n) is 4.60. The fourth-order valence-corrected chi connectivity index (χ4v) is 3.05. The normalized spacial score (nSPS) is 14.0. The first-order valence-corrected chi connectivity index (χ1v) is 9.39. The number of rotatable bonds is 6. The maximum Gasteiger partial charge on any atom is 0.244 e. The third-order valence-corrected chi connectivity index (χ3v) is 4.60. The molecule has 1 aliphatic carbocycles. The molecule has 2 aromatic rings. The molecule has 2 N–H and O–H groups in total. The van der Waals surface area contributed by atoms with Gasteiger partial charge in [-0.15, -0.1) is 0 Å². The Morgan fingerprint density at radius 3 is 2.38 bits per heavy atom. The number of amides is 1. The average molecular weight is 348 g/mol. The molecular weight excluding hydrogens is 320 g/mol. The van der Waals surface area contributed by atoms with Crippen LogP contribution >= 0.6 is 0 Å². The molecule has 136 valence electrons. The van der Waals surface area contributed by atoms with Crippen LogP contribution in [-0.4, -0.2) is 18.0 Å². The van der Waals surface area contributed by atoms with Crippen molar-refractivity contribution >= 4 is 17.7 Å². The Balaban J connectivity index is 1.77. The smallest absolute Gasteiger partial charge is 0.244 e. The van der Waals surface area contributed by atoms with E-state index in [1.54, 1.807) is 6.08 Å². The minimum absolute atomic E-state index is 0.00173. The lowest BCUT2D eigenvalue weighted by molar-refractivity contribution is -0.116. The summed E-state index contributed by atoms with van der Waals surface area (Å²) in [6.45, 7) is 8.49. The molecule has 0 aliphatic heterocycles. The van der Waals surface area contributed by atoms with E-state index in [2.05, 4.69) is 74.7 Å². The van der Waals surface area contributed by atoms with E-state index in [-0.39, 0.29) is 5.91 Å². The van der Waals surface area contributed by atoms with Gasteiger partial charge in [0.05, 0.1) is 0 Å². The molecule has 1 saturated carbocycles. The number of hydrogen-bond donors (Lipinski definition) is 2. The molecule has 0 aromatic heterocycles. The summed E-state index contributed by atoms with van der Waals surface area (Å²) in [6, 6.07) is 13.7. The minimum atomic E-state index is 0.00173. The van der Waals surface area contributed by atoms with Crippen molar-refractivity contribution in [3.8, 4) is 11.1 Å². The van der Waals surface area contributed by atoms with Gasteiger partial charge in [0.15, 0.2) is 0 Å². The summed E-state index contributed by atoms with van der Waals surface area (Å²) in [5.41, 5.74) is 7.06. The summed E-state index contributed by atoms with van der Waals surface area (Å²) in [5.74, 6) is 0.00173. The summed E-state index contributed by atoms with van der Waals surface area (Å²) in [6.07, 6.45) is 5.78. The molecule has 3 heteroatoms. The second-order valence-corrected chi connectivity index (χ2v) is 7.52. The van der Waals surface area contributed by atoms with E-state index in [0.717, 1.165) is 24.1 Å². The molecule has 1 fully saturated rings. The largest absolute Gasteiger partial charge is 0.383 e. The Bertz CT molecular complexity index is 815. The Morgan fingerprint density at radius 1 is 1.08 bits per heavy atom. The highest BCUT2D eigenvalue weighted by Crippen LogP contribution is 2.28. The van der Waals surface area contributed by atoms with E-state index in [0.29, 0.717) is 12.1 Å². The molecule has 1 amide bonds. The monoisotopic (exact) mass is 348 g/mol. The van der Waals surface area contributed by atoms with Gasteiger partial charge in [0, 0.05) is 23.8 Å². The Morgan fingerprint density at radius 2 is 1.77 bits per heavy atom. The first-order valence-electron chi connectivity index (χ1n) is 9.39. The van der Waals surface area contributed by atoms with E-state index < -0.39 is 0 Å². The highest BCUT2D eigenvalue weighted by atomic mass is 16.1. The van der Waals surface area contributed by atoms with E-state index in [1.165, 1.54) is 22.3 Å². The van der Waals surface area contributed by atoms with Gasteiger partial charge in [-0.3, -0.25) is 4.79 Å². The third kappa shape index (κ3) is 4.75. The van der Waals surface area contributed by atoms with Crippen LogP contribution in [0.5, 0.6) is 0 Å². The van der Waals surface area contributed by atoms with Crippen molar-refractivity contribution in [2.45, 2.75) is 52.6 Å². The second-order valence-electron chi connectivity index (χ2n) is 7.52. The van der Waals surface area contributed by atoms with Gasteiger partial charge in [-0.2, -0.15) is 0 Å². The van der Waals surface area contributed by atoms with Crippen LogP contribution in [0.3, 0.4) is 0 Å². The highest BCUT2D eigenvalue weighted by Gasteiger charge is 2.22. The molecule has 3 rings (SSSR count). The molecule has 0 radical (unpaired) electrons. The Hall–Kier alpha value is -2.55. The number of carbonyl (C=O) groups excluding carboxylic acids is 1. The van der Waals surface area contributed by atoms with Gasteiger partial charge < -0.3 is 10.6 Å². The van der Waals surface area contributed by atoms with Gasteiger partial charge in [0.2, 0.25) is 5.91 Å². The minimum Gasteiger partial charge on any atom is -0.383 e. The zero-order valence-electron chi connectivity index (χ0n) is 16.1. The van der Waals surface area contributed by atoms with Crippen molar-refractivity contribution in [1.82, 2.24) is 5.32 Å². The van der Waals surface area contributed by atoms with Gasteiger partial charge in [-0.1, -0.05) is 24.3 Å². The molecule has 0 atom stereocenters. The van der Waals surface area contributed by atoms with Crippen molar-refractivity contribution in [1.29, 1.82) is 0 Å². The van der Waals surface area contributed by atoms with Crippen LogP contribution in [0, 0.1) is 13.8 Å². The van der Waals surface area contributed by atoms with E-state index in [1.807, 2.05) is 6.08 Å². The topological polar surface area (TPSA) is 41.1 Å². The lowest BCUT2D eigenvalue weighted by atomic mass is 9.94. The number of aryl methyl sites for hydroxylation is 2. The molecular formula is C23H28N2O. The van der Waals surface area contributed by atoms with E-state index >= 15 is 0 Å². The summed E-state index contributed by atoms with van der Waals surface area (Å²) < 4.78 is 0. The summed E-state index contributed by atoms with van der Waals surface area (Å²) in [7, 11) is 0. The molecule has 2 aromatic carbocycles. The number of benzene rings is 2. The summed E-state index contributed by atoms with van der Waals surface area (Å²) in [4.78, 5) is 11.9. The number of nitrogens with one attached hydrogen (secondary N) is 2. The molecule has 0 spiro atoms. The van der Waals surface area contributed by atoms with Crippen LogP contribution in [0.15, 0.2) is 42.5 Å². The fraction of sp³-hybridized carbons (Fsp3) is 0.348. The molecule has 1 aliphatic rings. The fourth-order valence-electron chi connectivity index (χ4n) is 3.05. The van der Waals surface area contributed by atoms with Crippen LogP contribution in [0.25, 0.3) is 17.2 Å². The predicted octanol–water partition coefficient (Wildman–Crippen LogP) is 5.08. The second kappa shape index (κ2) is 7.77. The number of anilines is 1. The lowest BCUT2D eigenvalue weighted by Crippen LogP contribution is -2.22. The van der Waals surface area contributed by atoms with Crippen molar-refractivity contribution in [2.24, 2.45) is 0 Å². The maximum atomic E-state index is 11.9. The lowest BCUT2D eigenvalue weighted by Gasteiger charge is -2.13. The molecule has 0 heterocycles. The molecule has 0 saturated heterocycles. The average Bonchev–Trinajstić information content (AvgIpc) is 3.39. The van der Waals surface area contributed by atoms with Crippen LogP contribution in [0.1, 0.15) is 43.4 Å². The zero-order chi connectivity index (χ0) is 18.7. The van der Waals surface area contributed by atoms with Gasteiger partial charge >= 0.3 is 0 Å². The van der Waals surface area contributed by atoms with Crippen LogP contribution in [0.4, 0.5) is 5.69 Å². The number of carbonyl (C=O) groups is 1. The Kier molecular flexibility index (Phi) is 5.46. The van der Waals surface area contributed by atoms with Crippen LogP contribution in [-0.2, 0) is 4.79 Å². The molecule has 0 bridgehead atoms. The highest BCUT2D eigenvalue weighted by molar-refractivity contribution is 5.92. The molecule has 0 unspecified atom stereocenters. The van der Waals surface area contributed by atoms with Gasteiger partial charge in [-0.25, -0.2) is 0 Å². The summed E-state index contributed by atoms with van der Waals surface area (Å²) >= 11 is 0. The first-order chi connectivity index (χ1) is 12.4. The van der Waals surface area contributed by atoms with Crippen LogP contribution < -0.4 is 10.6 Å². The van der Waals surface area contributed by atoms with Crippen molar-refractivity contribution in [2.75, 3.05) is 5.32 Å². The van der Waals surface area contributed by atoms with Gasteiger partial charge in [0.25, 0.3) is 0 Å². The van der Waals surface area contributed by atoms with Crippen molar-refractivity contribution in [3.05, 3.63) is 59.2 Å². The van der Waals surface area contributed by atoms with E-state index in [9.17, 15) is 4.79 Å². The zero-order valence-corrected chi connectivity index (χ0v) is 16.1. The predicted molar refractivity (Wildman–Crippen MR) is 110 cm³/mol. The van der Waals surface area contributed by atoms with Crippen molar-refractivity contribution in [3.63, 3.8) is 0 Å². The molecule has 26 heavy (non-hydrogen) atoms. The van der Waals surface area contributed by atoms with Crippen LogP contribution in [0.2, 0.25) is 0 Å². The number of hydrogen-bond acceptors (Lipinski definition) is 2. The quantitative estimate of drug-likeness (QED) is 0.715.